The molecule has 0 saturated carbocycles. The highest BCUT2D eigenvalue weighted by Gasteiger charge is 2.49. The number of methoxy groups -OCH3 is 1. The van der Waals surface area contributed by atoms with Gasteiger partial charge in [0.15, 0.2) is 6.10 Å². The Kier molecular flexibility index (Phi) is 28.8. The van der Waals surface area contributed by atoms with E-state index in [1.54, 1.807) is 73.0 Å². The Balaban J connectivity index is 1.50. The van der Waals surface area contributed by atoms with Gasteiger partial charge in [-0.1, -0.05) is 72.7 Å². The third kappa shape index (κ3) is 21.3. The highest BCUT2D eigenvalue weighted by Crippen LogP contribution is 2.32. The molecule has 0 spiro atoms. The number of hydrogen-bond acceptors (Lipinski definition) is 21. The molecule has 31 heteroatoms. The second kappa shape index (κ2) is 34.8. The Morgan fingerprint density at radius 3 is 2.07 bits per heavy atom. The first-order valence-electron chi connectivity index (χ1n) is 29.5. The highest BCUT2D eigenvalue weighted by molar-refractivity contribution is 6.15. The van der Waals surface area contributed by atoms with Crippen LogP contribution in [0.15, 0.2) is 66.3 Å². The first kappa shape index (κ1) is 76.0. The Morgan fingerprint density at radius 1 is 0.804 bits per heavy atom. The number of rotatable bonds is 34. The molecular formula is C61H88N10O21. The summed E-state index contributed by atoms with van der Waals surface area (Å²) in [5, 5.41) is 69.5. The quantitative estimate of drug-likeness (QED) is 0.0219. The van der Waals surface area contributed by atoms with Crippen molar-refractivity contribution in [1.29, 1.82) is 0 Å². The van der Waals surface area contributed by atoms with E-state index in [1.165, 1.54) is 43.2 Å². The number of aliphatic hydroxyl groups is 3. The Labute approximate surface area is 532 Å². The molecule has 2 heterocycles. The van der Waals surface area contributed by atoms with Gasteiger partial charge < -0.3 is 91.8 Å². The summed E-state index contributed by atoms with van der Waals surface area (Å²) in [7, 11) is 4.62. The summed E-state index contributed by atoms with van der Waals surface area (Å²) in [6.07, 6.45) is -8.06. The van der Waals surface area contributed by atoms with Crippen molar-refractivity contribution in [2.45, 2.75) is 148 Å². The highest BCUT2D eigenvalue weighted by atomic mass is 16.7. The van der Waals surface area contributed by atoms with Crippen molar-refractivity contribution in [3.8, 4) is 5.75 Å². The van der Waals surface area contributed by atoms with E-state index in [9.17, 15) is 78.3 Å². The number of carboxylic acids is 2. The number of benzene rings is 2. The van der Waals surface area contributed by atoms with Gasteiger partial charge in [-0.2, -0.15) is 0 Å². The summed E-state index contributed by atoms with van der Waals surface area (Å²) in [6.45, 7) is 12.5. The number of carbonyl (C=O) groups is 11. The fourth-order valence-electron chi connectivity index (χ4n) is 9.78. The van der Waals surface area contributed by atoms with Crippen LogP contribution in [0.25, 0.3) is 0 Å². The molecule has 2 aliphatic heterocycles. The minimum Gasteiger partial charge on any atom is -0.479 e. The number of aliphatic carboxylic acids is 2. The van der Waals surface area contributed by atoms with Gasteiger partial charge in [0.2, 0.25) is 41.7 Å². The van der Waals surface area contributed by atoms with Crippen LogP contribution in [0, 0.1) is 11.3 Å². The second-order valence-electron chi connectivity index (χ2n) is 23.8. The number of hydrogen-bond donors (Lipinski definition) is 13. The molecule has 10 unspecified atom stereocenters. The van der Waals surface area contributed by atoms with E-state index in [4.69, 9.17) is 29.4 Å². The average Bonchev–Trinajstić information content (AvgIpc) is 0.952. The van der Waals surface area contributed by atoms with E-state index in [0.29, 0.717) is 16.0 Å². The zero-order valence-electron chi connectivity index (χ0n) is 53.4. The molecule has 4 rings (SSSR count). The molecule has 92 heavy (non-hydrogen) atoms. The number of ether oxygens (including phenoxy) is 5. The average molecular weight is 1300 g/mol. The number of carboxylic acid groups (broad SMARTS) is 2. The molecular weight excluding hydrogens is 1210 g/mol. The number of amides is 9. The predicted octanol–water partition coefficient (Wildman–Crippen LogP) is -1.35. The zero-order chi connectivity index (χ0) is 68.9. The lowest BCUT2D eigenvalue weighted by Crippen LogP contribution is -2.61. The minimum atomic E-state index is -2.05. The van der Waals surface area contributed by atoms with Gasteiger partial charge in [0.1, 0.15) is 48.8 Å². The molecule has 0 radical (unpaired) electrons. The molecule has 0 aromatic heterocycles. The van der Waals surface area contributed by atoms with E-state index < -0.39 is 163 Å². The van der Waals surface area contributed by atoms with Gasteiger partial charge in [0, 0.05) is 87.6 Å². The topological polar surface area (TPSA) is 452 Å². The number of nitrogens with two attached hydrogens (primary N) is 1. The summed E-state index contributed by atoms with van der Waals surface area (Å²) < 4.78 is 27.0. The molecule has 508 valence electrons. The van der Waals surface area contributed by atoms with Crippen LogP contribution in [0.1, 0.15) is 84.9 Å². The normalized spacial score (nSPS) is 19.2. The monoisotopic (exact) mass is 1300 g/mol. The van der Waals surface area contributed by atoms with Crippen molar-refractivity contribution < 1.29 is 102 Å². The molecule has 1 saturated heterocycles. The Hall–Kier alpha value is -8.43. The van der Waals surface area contributed by atoms with E-state index in [1.807, 2.05) is 13.8 Å². The van der Waals surface area contributed by atoms with Gasteiger partial charge in [-0.25, -0.2) is 14.4 Å². The van der Waals surface area contributed by atoms with Crippen LogP contribution in [0.4, 0.5) is 10.5 Å². The van der Waals surface area contributed by atoms with Crippen molar-refractivity contribution in [3.05, 3.63) is 83.0 Å². The van der Waals surface area contributed by atoms with E-state index in [-0.39, 0.29) is 67.8 Å². The fourth-order valence-corrected chi connectivity index (χ4v) is 9.78. The van der Waals surface area contributed by atoms with Crippen LogP contribution in [0.2, 0.25) is 0 Å². The maximum atomic E-state index is 14.3. The molecule has 0 bridgehead atoms. The summed E-state index contributed by atoms with van der Waals surface area (Å²) in [5.41, 5.74) is 5.28. The Bertz CT molecular complexity index is 3020. The van der Waals surface area contributed by atoms with Crippen LogP contribution in [-0.4, -0.2) is 222 Å². The number of nitrogens with one attached hydrogen (secondary N) is 7. The molecule has 2 aromatic carbocycles. The molecule has 9 amide bonds. The summed E-state index contributed by atoms with van der Waals surface area (Å²) in [5.74, 6) is -8.86. The van der Waals surface area contributed by atoms with Gasteiger partial charge in [0.05, 0.1) is 31.9 Å². The molecule has 2 aliphatic rings. The van der Waals surface area contributed by atoms with Crippen LogP contribution >= 0.6 is 0 Å². The van der Waals surface area contributed by atoms with Crippen LogP contribution < -0.4 is 47.7 Å². The number of nitrogens with zero attached hydrogens (tertiary/aromatic N) is 2. The SMILES string of the molecule is CNC(C(=O)NC(C(=O)N(C)C(/C=C(\C)C(=O)O)C(C)C)C(C)(C)C)C(C)(C)c1cccc(NC(=O)OCc2ccc(OC3OC(C(=O)O)C(O)C(O)C3O)c(CNC(=O)CCNC(=O)C(CNC(=O)CCOCCOC)NC(=O)C(CN)N3C(=O)C=CC3=O)c2)c1. The van der Waals surface area contributed by atoms with E-state index in [2.05, 4.69) is 37.2 Å². The number of aliphatic hydroxyl groups excluding tert-OH is 3. The lowest BCUT2D eigenvalue weighted by molar-refractivity contribution is -0.271. The van der Waals surface area contributed by atoms with E-state index in [0.717, 1.165) is 12.2 Å². The van der Waals surface area contributed by atoms with Gasteiger partial charge in [-0.15, -0.1) is 0 Å². The fraction of sp³-hybridized carbons (Fsp3) is 0.557. The van der Waals surface area contributed by atoms with Gasteiger partial charge in [0.25, 0.3) is 11.8 Å². The van der Waals surface area contributed by atoms with Crippen LogP contribution in [0.5, 0.6) is 5.75 Å². The smallest absolute Gasteiger partial charge is 0.411 e. The summed E-state index contributed by atoms with van der Waals surface area (Å²) >= 11 is 0. The van der Waals surface area contributed by atoms with Crippen molar-refractivity contribution in [3.63, 3.8) is 0 Å². The molecule has 14 N–H and O–H groups in total. The number of imide groups is 1. The van der Waals surface area contributed by atoms with Gasteiger partial charge >= 0.3 is 18.0 Å². The molecule has 31 nitrogen and oxygen atoms in total. The summed E-state index contributed by atoms with van der Waals surface area (Å²) in [6, 6.07) is 5.11. The largest absolute Gasteiger partial charge is 0.479 e. The standard InChI is InChI=1S/C61H88N10O21/c1-32(2)39(25-33(3)56(83)84)70(10)55(82)51(60(4,5)6)69-54(81)50(63-9)61(7,8)36-13-12-14-37(27-36)67-59(87)90-31-34-15-16-41(91-58-48(78)46(76)47(77)49(92-58)57(85)86)35(26-34)29-65-42(72)19-21-64-52(79)38(30-66-43(73)20-22-89-24-23-88-11)68-53(80)40(28-62)71-44(74)17-18-45(71)75/h12-18,25-27,32,38-40,46-51,58,63,76-78H,19-24,28-31,62H2,1-11H3,(H,64,79)(H,65,72)(H,66,73)(H,67,87)(H,68,80)(H,69,81)(H,83,84)(H,85,86)/b33-25+. The number of likely N-dealkylation sites (N-methyl/N-ethyl adjacent to an activating group) is 2. The van der Waals surface area contributed by atoms with Crippen molar-refractivity contribution >= 4 is 71.0 Å². The van der Waals surface area contributed by atoms with Gasteiger partial charge in [-0.3, -0.25) is 48.6 Å². The van der Waals surface area contributed by atoms with Gasteiger partial charge in [-0.05, 0) is 60.7 Å². The molecule has 0 aliphatic carbocycles. The second-order valence-corrected chi connectivity index (χ2v) is 23.8. The van der Waals surface area contributed by atoms with Crippen LogP contribution in [0.3, 0.4) is 0 Å². The maximum absolute atomic E-state index is 14.3. The van der Waals surface area contributed by atoms with Crippen molar-refractivity contribution in [2.24, 2.45) is 17.1 Å². The van der Waals surface area contributed by atoms with Crippen molar-refractivity contribution in [2.75, 3.05) is 66.0 Å². The molecule has 10 atom stereocenters. The third-order valence-electron chi connectivity index (χ3n) is 15.2. The first-order valence-corrected chi connectivity index (χ1v) is 29.5. The summed E-state index contributed by atoms with van der Waals surface area (Å²) in [4.78, 5) is 146. The van der Waals surface area contributed by atoms with Crippen LogP contribution in [-0.2, 0) is 85.5 Å². The third-order valence-corrected chi connectivity index (χ3v) is 15.2. The Morgan fingerprint density at radius 2 is 1.47 bits per heavy atom. The lowest BCUT2D eigenvalue weighted by Gasteiger charge is -2.40. The number of carbonyl (C=O) groups excluding carboxylic acids is 9. The molecule has 2 aromatic rings. The van der Waals surface area contributed by atoms with E-state index >= 15 is 0 Å². The van der Waals surface area contributed by atoms with Crippen molar-refractivity contribution in [1.82, 2.24) is 41.7 Å². The molecule has 1 fully saturated rings. The predicted molar refractivity (Wildman–Crippen MR) is 327 cm³/mol. The first-order chi connectivity index (χ1) is 43.2. The number of anilines is 1. The lowest BCUT2D eigenvalue weighted by atomic mass is 9.76. The minimum absolute atomic E-state index is 0.00102. The zero-order valence-corrected chi connectivity index (χ0v) is 53.4. The maximum Gasteiger partial charge on any atom is 0.411 e.